The smallest absolute Gasteiger partial charge is 0.331 e. The first-order valence-corrected chi connectivity index (χ1v) is 30.5. The second-order valence-corrected chi connectivity index (χ2v) is 23.8. The van der Waals surface area contributed by atoms with Crippen LogP contribution in [0.15, 0.2) is 319 Å². The van der Waals surface area contributed by atoms with Crippen molar-refractivity contribution in [1.29, 1.82) is 0 Å². The van der Waals surface area contributed by atoms with E-state index >= 15 is 0 Å². The molecular weight excluding hydrogens is 1060 g/mol. The van der Waals surface area contributed by atoms with Gasteiger partial charge in [-0.25, -0.2) is 0 Å². The molecule has 18 rings (SSSR count). The lowest BCUT2D eigenvalue weighted by molar-refractivity contribution is 1.16. The predicted octanol–water partition coefficient (Wildman–Crippen LogP) is 17.4. The monoisotopic (exact) mass is 1110 g/mol. The molecule has 86 heavy (non-hydrogen) atoms. The van der Waals surface area contributed by atoms with E-state index in [0.29, 0.717) is 0 Å². The Balaban J connectivity index is 0.957. The lowest BCUT2D eigenvalue weighted by atomic mass is 9.32. The summed E-state index contributed by atoms with van der Waals surface area (Å²) in [5.41, 5.74) is 27.2. The van der Waals surface area contributed by atoms with E-state index < -0.39 is 0 Å². The molecule has 1 aromatic heterocycles. The predicted molar refractivity (Wildman–Crippen MR) is 365 cm³/mol. The number of aromatic nitrogens is 1. The zero-order chi connectivity index (χ0) is 56.4. The van der Waals surface area contributed by atoms with Crippen molar-refractivity contribution in [2.45, 2.75) is 9.79 Å². The van der Waals surface area contributed by atoms with Crippen molar-refractivity contribution in [2.75, 3.05) is 19.5 Å². The van der Waals surface area contributed by atoms with Crippen molar-refractivity contribution in [3.8, 4) is 27.9 Å². The van der Waals surface area contributed by atoms with Gasteiger partial charge in [0.2, 0.25) is 0 Å². The molecular formula is C78H51B2N5S. The van der Waals surface area contributed by atoms with E-state index in [-0.39, 0.29) is 13.6 Å². The molecule has 400 valence electrons. The van der Waals surface area contributed by atoms with Crippen LogP contribution < -0.4 is 46.8 Å². The minimum atomic E-state index is -0.163. The van der Waals surface area contributed by atoms with Crippen molar-refractivity contribution < 1.29 is 0 Å². The molecule has 13 aromatic carbocycles. The first-order chi connectivity index (χ1) is 42.7. The first kappa shape index (κ1) is 48.8. The highest BCUT2D eigenvalue weighted by atomic mass is 32.2. The van der Waals surface area contributed by atoms with E-state index in [4.69, 9.17) is 0 Å². The van der Waals surface area contributed by atoms with Crippen molar-refractivity contribution in [2.24, 2.45) is 0 Å². The van der Waals surface area contributed by atoms with Crippen molar-refractivity contribution in [1.82, 2.24) is 4.57 Å². The molecule has 0 atom stereocenters. The van der Waals surface area contributed by atoms with E-state index in [9.17, 15) is 0 Å². The van der Waals surface area contributed by atoms with Gasteiger partial charge in [0.25, 0.3) is 6.71 Å². The standard InChI is InChI=1S/C78H51B2N5S/c1-6-26-52(27-7-1)59-36-16-21-41-67(59)84-72-51-75-66(80-77-63(62-39-19-24-44-70(62)85(80)56-34-14-5-15-35-56)46-57(49-76(77)86-75)83-68-42-22-17-37-60(68)61-38-18-23-43-69(61)83)50-65(72)79-64-40-20-25-45-71(64)82(55-32-12-4-13-33-55)73-47-58(48-74(84)78(73)79)81(53-28-8-2-9-29-53)54-30-10-3-11-31-54/h1-51H. The van der Waals surface area contributed by atoms with Crippen LogP contribution in [-0.4, -0.2) is 18.1 Å². The van der Waals surface area contributed by atoms with Crippen LogP contribution in [-0.2, 0) is 0 Å². The van der Waals surface area contributed by atoms with Crippen LogP contribution in [0.4, 0.5) is 62.6 Å². The maximum absolute atomic E-state index is 2.64. The summed E-state index contributed by atoms with van der Waals surface area (Å²) >= 11 is 1.92. The molecule has 0 aliphatic carbocycles. The maximum atomic E-state index is 2.64. The normalized spacial score (nSPS) is 13.2. The zero-order valence-electron chi connectivity index (χ0n) is 46.7. The van der Waals surface area contributed by atoms with E-state index in [0.717, 1.165) is 62.3 Å². The van der Waals surface area contributed by atoms with E-state index in [1.165, 1.54) is 87.1 Å². The third-order valence-electron chi connectivity index (χ3n) is 18.1. The highest BCUT2D eigenvalue weighted by Gasteiger charge is 2.48. The van der Waals surface area contributed by atoms with Crippen molar-refractivity contribution >= 4 is 137 Å². The number of para-hydroxylation sites is 9. The molecule has 5 nitrogen and oxygen atoms in total. The summed E-state index contributed by atoms with van der Waals surface area (Å²) < 4.78 is 2.49. The molecule has 0 bridgehead atoms. The van der Waals surface area contributed by atoms with Gasteiger partial charge in [-0.1, -0.05) is 212 Å². The second-order valence-electron chi connectivity index (χ2n) is 22.7. The molecule has 0 amide bonds. The number of fused-ring (bicyclic) bond motifs is 11. The molecule has 4 aliphatic rings. The number of hydrogen-bond donors (Lipinski definition) is 0. The third-order valence-corrected chi connectivity index (χ3v) is 19.3. The molecule has 5 heterocycles. The van der Waals surface area contributed by atoms with Crippen LogP contribution in [0.25, 0.3) is 49.7 Å². The molecule has 14 aromatic rings. The summed E-state index contributed by atoms with van der Waals surface area (Å²) in [5.74, 6) is 0. The van der Waals surface area contributed by atoms with Gasteiger partial charge >= 0.3 is 6.85 Å². The lowest BCUT2D eigenvalue weighted by Crippen LogP contribution is -2.64. The Morgan fingerprint density at radius 1 is 0.302 bits per heavy atom. The number of rotatable bonds is 8. The number of anilines is 11. The fourth-order valence-corrected chi connectivity index (χ4v) is 15.9. The zero-order valence-corrected chi connectivity index (χ0v) is 47.6. The number of hydrogen-bond acceptors (Lipinski definition) is 5. The average molecular weight is 1110 g/mol. The summed E-state index contributed by atoms with van der Waals surface area (Å²) in [5, 5.41) is 2.50. The molecule has 0 unspecified atom stereocenters. The molecule has 0 spiro atoms. The van der Waals surface area contributed by atoms with Crippen molar-refractivity contribution in [3.63, 3.8) is 0 Å². The fraction of sp³-hybridized carbons (Fsp3) is 0. The molecule has 0 radical (unpaired) electrons. The Labute approximate surface area is 505 Å². The van der Waals surface area contributed by atoms with Crippen molar-refractivity contribution in [3.05, 3.63) is 309 Å². The van der Waals surface area contributed by atoms with E-state index in [2.05, 4.69) is 333 Å². The van der Waals surface area contributed by atoms with Crippen LogP contribution in [0.5, 0.6) is 0 Å². The number of benzene rings is 13. The van der Waals surface area contributed by atoms with Gasteiger partial charge in [0.15, 0.2) is 0 Å². The topological polar surface area (TPSA) is 17.9 Å². The third kappa shape index (κ3) is 7.36. The summed E-state index contributed by atoms with van der Waals surface area (Å²) in [7, 11) is 0. The van der Waals surface area contributed by atoms with Gasteiger partial charge in [-0.2, -0.15) is 0 Å². The summed E-state index contributed by atoms with van der Waals surface area (Å²) in [6.45, 7) is -0.304. The molecule has 0 fully saturated rings. The van der Waals surface area contributed by atoms with Gasteiger partial charge < -0.3 is 24.1 Å². The van der Waals surface area contributed by atoms with E-state index in [1.54, 1.807) is 0 Å². The van der Waals surface area contributed by atoms with Gasteiger partial charge in [0.05, 0.1) is 22.4 Å². The Kier molecular flexibility index (Phi) is 11.0. The Morgan fingerprint density at radius 3 is 1.51 bits per heavy atom. The van der Waals surface area contributed by atoms with Gasteiger partial charge in [-0.05, 0) is 148 Å². The Bertz CT molecular complexity index is 4930. The summed E-state index contributed by atoms with van der Waals surface area (Å²) in [6.07, 6.45) is 0. The minimum Gasteiger partial charge on any atom is -0.376 e. The maximum Gasteiger partial charge on any atom is 0.331 e. The molecule has 0 saturated carbocycles. The Hall–Kier alpha value is -10.7. The molecule has 4 aliphatic heterocycles. The van der Waals surface area contributed by atoms with Crippen LogP contribution in [0.2, 0.25) is 0 Å². The fourth-order valence-electron chi connectivity index (χ4n) is 14.7. The second kappa shape index (κ2) is 19.5. The average Bonchev–Trinajstić information content (AvgIpc) is 0.859. The first-order valence-electron chi connectivity index (χ1n) is 29.6. The van der Waals surface area contributed by atoms with Gasteiger partial charge in [0, 0.05) is 88.6 Å². The number of nitrogens with zero attached hydrogens (tertiary/aromatic N) is 5. The molecule has 0 saturated heterocycles. The molecule has 8 heteroatoms. The Morgan fingerprint density at radius 2 is 0.837 bits per heavy atom. The molecule has 0 N–H and O–H groups in total. The van der Waals surface area contributed by atoms with Gasteiger partial charge in [0.1, 0.15) is 0 Å². The van der Waals surface area contributed by atoms with E-state index in [1.807, 2.05) is 11.8 Å². The summed E-state index contributed by atoms with van der Waals surface area (Å²) in [6, 6.07) is 115. The highest BCUT2D eigenvalue weighted by Crippen LogP contribution is 2.52. The minimum absolute atomic E-state index is 0.142. The lowest BCUT2D eigenvalue weighted by Gasteiger charge is -2.46. The highest BCUT2D eigenvalue weighted by molar-refractivity contribution is 8.00. The van der Waals surface area contributed by atoms with Crippen LogP contribution in [0, 0.1) is 0 Å². The van der Waals surface area contributed by atoms with Gasteiger partial charge in [-0.15, -0.1) is 0 Å². The largest absolute Gasteiger partial charge is 0.376 e. The van der Waals surface area contributed by atoms with Gasteiger partial charge in [-0.3, -0.25) is 0 Å². The van der Waals surface area contributed by atoms with Crippen LogP contribution in [0.1, 0.15) is 0 Å². The SMILES string of the molecule is c1ccc(-c2ccccc2N2c3cc4c(cc3B3c5ccccc5N(c5ccccc5)c5cc(N(c6ccccc6)c6ccccc6)cc2c53)B2c3c(cc(-n5c6ccccc6c6ccccc65)cc3-c3ccccc3N2c2ccccc2)S4)cc1. The quantitative estimate of drug-likeness (QED) is 0.141. The summed E-state index contributed by atoms with van der Waals surface area (Å²) in [4.78, 5) is 12.7. The van der Waals surface area contributed by atoms with Crippen LogP contribution >= 0.6 is 11.8 Å². The van der Waals surface area contributed by atoms with Crippen LogP contribution in [0.3, 0.4) is 0 Å².